The van der Waals surface area contributed by atoms with Crippen molar-refractivity contribution in [3.05, 3.63) is 42.2 Å². The molecule has 2 aromatic rings. The highest BCUT2D eigenvalue weighted by Gasteiger charge is 2.05. The molecule has 0 bridgehead atoms. The molecular weight excluding hydrogens is 232 g/mol. The van der Waals surface area contributed by atoms with E-state index in [1.807, 2.05) is 13.8 Å². The molecule has 0 amide bonds. The van der Waals surface area contributed by atoms with Crippen LogP contribution in [0.4, 0.5) is 0 Å². The van der Waals surface area contributed by atoms with Gasteiger partial charge in [-0.2, -0.15) is 5.10 Å². The molecule has 0 saturated carbocycles. The Bertz CT molecular complexity index is 544. The van der Waals surface area contributed by atoms with E-state index in [0.717, 1.165) is 0 Å². The van der Waals surface area contributed by atoms with E-state index in [9.17, 15) is 4.79 Å². The Hall–Kier alpha value is -2.30. The minimum absolute atomic E-state index is 0.236. The number of ether oxygens (including phenoxy) is 1. The first-order valence-electron chi connectivity index (χ1n) is 5.61. The third-order valence-corrected chi connectivity index (χ3v) is 2.44. The van der Waals surface area contributed by atoms with Crippen LogP contribution in [0.15, 0.2) is 36.7 Å². The lowest BCUT2D eigenvalue weighted by Crippen LogP contribution is -1.99. The maximum Gasteiger partial charge on any atom is 0.335 e. The van der Waals surface area contributed by atoms with Gasteiger partial charge in [0.05, 0.1) is 18.0 Å². The van der Waals surface area contributed by atoms with E-state index in [1.165, 1.54) is 12.1 Å². The standard InChI is InChI=1S/C13H14N2O3/c1-9(2)15-8-12(7-14-15)18-11-5-3-10(4-6-11)13(16)17/h3-9H,1-2H3,(H,16,17). The molecule has 0 unspecified atom stereocenters. The summed E-state index contributed by atoms with van der Waals surface area (Å²) < 4.78 is 7.36. The Balaban J connectivity index is 2.10. The van der Waals surface area contributed by atoms with Crippen LogP contribution in [-0.4, -0.2) is 20.9 Å². The third-order valence-electron chi connectivity index (χ3n) is 2.44. The molecular formula is C13H14N2O3. The van der Waals surface area contributed by atoms with E-state index in [4.69, 9.17) is 9.84 Å². The van der Waals surface area contributed by atoms with Crippen LogP contribution in [0.1, 0.15) is 30.2 Å². The number of benzene rings is 1. The molecule has 0 fully saturated rings. The molecule has 5 nitrogen and oxygen atoms in total. The van der Waals surface area contributed by atoms with Gasteiger partial charge in [0.1, 0.15) is 5.75 Å². The van der Waals surface area contributed by atoms with Crippen LogP contribution >= 0.6 is 0 Å². The average Bonchev–Trinajstić information content (AvgIpc) is 2.78. The number of hydrogen-bond donors (Lipinski definition) is 1. The zero-order valence-corrected chi connectivity index (χ0v) is 10.2. The Labute approximate surface area is 105 Å². The second-order valence-electron chi connectivity index (χ2n) is 4.18. The van der Waals surface area contributed by atoms with Crippen LogP contribution in [0.5, 0.6) is 11.5 Å². The van der Waals surface area contributed by atoms with Crippen molar-refractivity contribution in [3.63, 3.8) is 0 Å². The summed E-state index contributed by atoms with van der Waals surface area (Å²) in [7, 11) is 0. The smallest absolute Gasteiger partial charge is 0.335 e. The summed E-state index contributed by atoms with van der Waals surface area (Å²) in [4.78, 5) is 10.7. The van der Waals surface area contributed by atoms with Gasteiger partial charge in [-0.25, -0.2) is 4.79 Å². The van der Waals surface area contributed by atoms with Crippen LogP contribution in [0.2, 0.25) is 0 Å². The van der Waals surface area contributed by atoms with Gasteiger partial charge in [0.25, 0.3) is 0 Å². The monoisotopic (exact) mass is 246 g/mol. The van der Waals surface area contributed by atoms with Gasteiger partial charge in [-0.1, -0.05) is 0 Å². The van der Waals surface area contributed by atoms with E-state index in [1.54, 1.807) is 29.2 Å². The molecule has 1 aromatic carbocycles. The Morgan fingerprint density at radius 1 is 1.28 bits per heavy atom. The Morgan fingerprint density at radius 3 is 2.44 bits per heavy atom. The minimum Gasteiger partial charge on any atom is -0.478 e. The van der Waals surface area contributed by atoms with Crippen molar-refractivity contribution in [1.82, 2.24) is 9.78 Å². The largest absolute Gasteiger partial charge is 0.478 e. The first kappa shape index (κ1) is 12.2. The van der Waals surface area contributed by atoms with E-state index >= 15 is 0 Å². The molecule has 5 heteroatoms. The van der Waals surface area contributed by atoms with E-state index < -0.39 is 5.97 Å². The first-order valence-corrected chi connectivity index (χ1v) is 5.61. The molecule has 2 rings (SSSR count). The first-order chi connectivity index (χ1) is 8.56. The summed E-state index contributed by atoms with van der Waals surface area (Å²) in [5.41, 5.74) is 0.236. The maximum absolute atomic E-state index is 10.7. The number of nitrogens with zero attached hydrogens (tertiary/aromatic N) is 2. The van der Waals surface area contributed by atoms with E-state index in [2.05, 4.69) is 5.10 Å². The molecule has 18 heavy (non-hydrogen) atoms. The van der Waals surface area contributed by atoms with Crippen LogP contribution < -0.4 is 4.74 Å². The quantitative estimate of drug-likeness (QED) is 0.900. The fourth-order valence-corrected chi connectivity index (χ4v) is 1.46. The maximum atomic E-state index is 10.7. The van der Waals surface area contributed by atoms with Crippen molar-refractivity contribution >= 4 is 5.97 Å². The minimum atomic E-state index is -0.950. The van der Waals surface area contributed by atoms with Crippen molar-refractivity contribution in [1.29, 1.82) is 0 Å². The van der Waals surface area contributed by atoms with Gasteiger partial charge in [0.2, 0.25) is 0 Å². The van der Waals surface area contributed by atoms with Crippen LogP contribution in [0, 0.1) is 0 Å². The summed E-state index contributed by atoms with van der Waals surface area (Å²) in [6, 6.07) is 6.53. The third kappa shape index (κ3) is 2.68. The van der Waals surface area contributed by atoms with Gasteiger partial charge >= 0.3 is 5.97 Å². The van der Waals surface area contributed by atoms with Crippen LogP contribution in [-0.2, 0) is 0 Å². The number of aromatic carboxylic acids is 1. The average molecular weight is 246 g/mol. The summed E-state index contributed by atoms with van der Waals surface area (Å²) >= 11 is 0. The highest BCUT2D eigenvalue weighted by molar-refractivity contribution is 5.87. The summed E-state index contributed by atoms with van der Waals surface area (Å²) in [5.74, 6) is 0.268. The van der Waals surface area contributed by atoms with E-state index in [0.29, 0.717) is 11.5 Å². The van der Waals surface area contributed by atoms with Crippen LogP contribution in [0.3, 0.4) is 0 Å². The predicted octanol–water partition coefficient (Wildman–Crippen LogP) is 2.95. The summed E-state index contributed by atoms with van der Waals surface area (Å²) in [6.07, 6.45) is 3.43. The number of aromatic nitrogens is 2. The molecule has 0 aliphatic heterocycles. The fourth-order valence-electron chi connectivity index (χ4n) is 1.46. The Morgan fingerprint density at radius 2 is 1.94 bits per heavy atom. The zero-order chi connectivity index (χ0) is 13.1. The molecule has 0 spiro atoms. The highest BCUT2D eigenvalue weighted by atomic mass is 16.5. The summed E-state index contributed by atoms with van der Waals surface area (Å²) in [6.45, 7) is 4.05. The number of carboxylic acids is 1. The molecule has 1 N–H and O–H groups in total. The Kier molecular flexibility index (Phi) is 3.32. The second-order valence-corrected chi connectivity index (χ2v) is 4.18. The number of hydrogen-bond acceptors (Lipinski definition) is 3. The van der Waals surface area contributed by atoms with E-state index in [-0.39, 0.29) is 11.6 Å². The van der Waals surface area contributed by atoms with Crippen molar-refractivity contribution < 1.29 is 14.6 Å². The fraction of sp³-hybridized carbons (Fsp3) is 0.231. The van der Waals surface area contributed by atoms with Gasteiger partial charge in [-0.05, 0) is 38.1 Å². The van der Waals surface area contributed by atoms with Crippen molar-refractivity contribution in [3.8, 4) is 11.5 Å². The zero-order valence-electron chi connectivity index (χ0n) is 10.2. The lowest BCUT2D eigenvalue weighted by atomic mass is 10.2. The van der Waals surface area contributed by atoms with Gasteiger partial charge in [-0.15, -0.1) is 0 Å². The van der Waals surface area contributed by atoms with Gasteiger partial charge < -0.3 is 9.84 Å². The molecule has 94 valence electrons. The van der Waals surface area contributed by atoms with Crippen LogP contribution in [0.25, 0.3) is 0 Å². The molecule has 0 saturated heterocycles. The normalized spacial score (nSPS) is 10.6. The summed E-state index contributed by atoms with van der Waals surface area (Å²) in [5, 5.41) is 12.9. The predicted molar refractivity (Wildman–Crippen MR) is 66.1 cm³/mol. The van der Waals surface area contributed by atoms with Crippen molar-refractivity contribution in [2.75, 3.05) is 0 Å². The molecule has 0 aliphatic carbocycles. The number of carboxylic acid groups (broad SMARTS) is 1. The highest BCUT2D eigenvalue weighted by Crippen LogP contribution is 2.22. The molecule has 0 radical (unpaired) electrons. The SMILES string of the molecule is CC(C)n1cc(Oc2ccc(C(=O)O)cc2)cn1. The molecule has 1 aromatic heterocycles. The van der Waals surface area contributed by atoms with Gasteiger partial charge in [-0.3, -0.25) is 4.68 Å². The number of carbonyl (C=O) groups is 1. The lowest BCUT2D eigenvalue weighted by molar-refractivity contribution is 0.0697. The van der Waals surface area contributed by atoms with Gasteiger partial charge in [0.15, 0.2) is 5.75 Å². The van der Waals surface area contributed by atoms with Gasteiger partial charge in [0, 0.05) is 6.04 Å². The molecule has 0 aliphatic rings. The van der Waals surface area contributed by atoms with Crippen molar-refractivity contribution in [2.24, 2.45) is 0 Å². The molecule has 1 heterocycles. The van der Waals surface area contributed by atoms with Crippen molar-refractivity contribution in [2.45, 2.75) is 19.9 Å². The second kappa shape index (κ2) is 4.91. The topological polar surface area (TPSA) is 64.3 Å². The molecule has 0 atom stereocenters. The number of rotatable bonds is 4. The lowest BCUT2D eigenvalue weighted by Gasteiger charge is -2.04.